The molecule has 14 heavy (non-hydrogen) atoms. The number of rotatable bonds is 2. The van der Waals surface area contributed by atoms with Crippen LogP contribution < -0.4 is 0 Å². The molecular formula is C10H12N2OS. The van der Waals surface area contributed by atoms with Gasteiger partial charge >= 0.3 is 0 Å². The lowest BCUT2D eigenvalue weighted by Crippen LogP contribution is -1.97. The Morgan fingerprint density at radius 1 is 1.57 bits per heavy atom. The van der Waals surface area contributed by atoms with E-state index >= 15 is 0 Å². The number of aliphatic hydroxyl groups excluding tert-OH is 1. The molecule has 4 heteroatoms. The summed E-state index contributed by atoms with van der Waals surface area (Å²) in [7, 11) is 1.89. The first kappa shape index (κ1) is 9.43. The summed E-state index contributed by atoms with van der Waals surface area (Å²) < 4.78 is 1.83. The molecule has 2 rings (SSSR count). The fourth-order valence-electron chi connectivity index (χ4n) is 1.35. The third-order valence-corrected chi connectivity index (χ3v) is 2.95. The summed E-state index contributed by atoms with van der Waals surface area (Å²) in [5, 5.41) is 11.9. The molecule has 1 N–H and O–H groups in total. The van der Waals surface area contributed by atoms with Crippen LogP contribution in [0.2, 0.25) is 0 Å². The lowest BCUT2D eigenvalue weighted by molar-refractivity contribution is 0.216. The van der Waals surface area contributed by atoms with E-state index in [2.05, 4.69) is 4.98 Å². The zero-order valence-electron chi connectivity index (χ0n) is 8.14. The Morgan fingerprint density at radius 3 is 2.86 bits per heavy atom. The first-order chi connectivity index (χ1) is 6.66. The van der Waals surface area contributed by atoms with Crippen molar-refractivity contribution in [3.8, 4) is 0 Å². The Morgan fingerprint density at radius 2 is 2.36 bits per heavy atom. The maximum Gasteiger partial charge on any atom is 0.123 e. The third kappa shape index (κ3) is 1.71. The van der Waals surface area contributed by atoms with Crippen LogP contribution in [-0.2, 0) is 7.05 Å². The standard InChI is InChI=1S/C10H12N2OS/c1-7-3-8(5-14-7)10(13)9-4-12(2)6-11-9/h3-6,10,13H,1-2H3. The minimum atomic E-state index is -0.596. The van der Waals surface area contributed by atoms with Gasteiger partial charge < -0.3 is 9.67 Å². The molecule has 0 spiro atoms. The van der Waals surface area contributed by atoms with Gasteiger partial charge in [0.1, 0.15) is 6.10 Å². The van der Waals surface area contributed by atoms with E-state index in [0.717, 1.165) is 5.56 Å². The molecule has 0 saturated heterocycles. The molecule has 0 aliphatic carbocycles. The number of hydrogen-bond acceptors (Lipinski definition) is 3. The van der Waals surface area contributed by atoms with Gasteiger partial charge in [0.25, 0.3) is 0 Å². The molecule has 1 atom stereocenters. The van der Waals surface area contributed by atoms with Crippen LogP contribution in [0.5, 0.6) is 0 Å². The van der Waals surface area contributed by atoms with Crippen molar-refractivity contribution in [3.63, 3.8) is 0 Å². The predicted octanol–water partition coefficient (Wildman–Crippen LogP) is 1.87. The monoisotopic (exact) mass is 208 g/mol. The van der Waals surface area contributed by atoms with Crippen molar-refractivity contribution >= 4 is 11.3 Å². The van der Waals surface area contributed by atoms with Crippen LogP contribution in [0.4, 0.5) is 0 Å². The SMILES string of the molecule is Cc1cc(C(O)c2cn(C)cn2)cs1. The molecule has 0 aliphatic rings. The Balaban J connectivity index is 2.28. The summed E-state index contributed by atoms with van der Waals surface area (Å²) >= 11 is 1.64. The van der Waals surface area contributed by atoms with Crippen LogP contribution in [-0.4, -0.2) is 14.7 Å². The van der Waals surface area contributed by atoms with Gasteiger partial charge in [-0.1, -0.05) is 0 Å². The molecule has 3 nitrogen and oxygen atoms in total. The van der Waals surface area contributed by atoms with E-state index in [-0.39, 0.29) is 0 Å². The van der Waals surface area contributed by atoms with Crippen LogP contribution in [0.1, 0.15) is 22.2 Å². The molecule has 1 unspecified atom stereocenters. The lowest BCUT2D eigenvalue weighted by Gasteiger charge is -2.03. The molecule has 0 aliphatic heterocycles. The molecule has 2 aromatic rings. The smallest absolute Gasteiger partial charge is 0.123 e. The van der Waals surface area contributed by atoms with Crippen molar-refractivity contribution in [1.29, 1.82) is 0 Å². The Bertz CT molecular complexity index is 393. The van der Waals surface area contributed by atoms with Crippen molar-refractivity contribution in [2.45, 2.75) is 13.0 Å². The molecule has 2 aromatic heterocycles. The van der Waals surface area contributed by atoms with Gasteiger partial charge in [0.05, 0.1) is 12.0 Å². The predicted molar refractivity (Wildman–Crippen MR) is 56.3 cm³/mol. The van der Waals surface area contributed by atoms with Gasteiger partial charge in [-0.3, -0.25) is 0 Å². The molecule has 2 heterocycles. The van der Waals surface area contributed by atoms with E-state index in [9.17, 15) is 5.11 Å². The quantitative estimate of drug-likeness (QED) is 0.818. The summed E-state index contributed by atoms with van der Waals surface area (Å²) in [4.78, 5) is 5.32. The van der Waals surface area contributed by atoms with Crippen LogP contribution in [0.15, 0.2) is 24.0 Å². The maximum atomic E-state index is 9.95. The third-order valence-electron chi connectivity index (χ3n) is 2.07. The average Bonchev–Trinajstić information content (AvgIpc) is 2.73. The van der Waals surface area contributed by atoms with Gasteiger partial charge in [-0.2, -0.15) is 0 Å². The summed E-state index contributed by atoms with van der Waals surface area (Å²) in [6.07, 6.45) is 2.93. The van der Waals surface area contributed by atoms with Crippen LogP contribution >= 0.6 is 11.3 Å². The van der Waals surface area contributed by atoms with Gasteiger partial charge in [0.2, 0.25) is 0 Å². The number of aryl methyl sites for hydroxylation is 2. The van der Waals surface area contributed by atoms with Crippen molar-refractivity contribution in [1.82, 2.24) is 9.55 Å². The second kappa shape index (κ2) is 3.55. The second-order valence-electron chi connectivity index (χ2n) is 3.36. The van der Waals surface area contributed by atoms with Crippen LogP contribution in [0.3, 0.4) is 0 Å². The summed E-state index contributed by atoms with van der Waals surface area (Å²) in [6, 6.07) is 1.99. The number of aromatic nitrogens is 2. The highest BCUT2D eigenvalue weighted by atomic mass is 32.1. The molecule has 0 bridgehead atoms. The minimum absolute atomic E-state index is 0.596. The molecular weight excluding hydrogens is 196 g/mol. The zero-order chi connectivity index (χ0) is 10.1. The summed E-state index contributed by atoms with van der Waals surface area (Å²) in [6.45, 7) is 2.03. The Hall–Kier alpha value is -1.13. The fraction of sp³-hybridized carbons (Fsp3) is 0.300. The van der Waals surface area contributed by atoms with E-state index < -0.39 is 6.10 Å². The van der Waals surface area contributed by atoms with Crippen LogP contribution in [0.25, 0.3) is 0 Å². The second-order valence-corrected chi connectivity index (χ2v) is 4.47. The molecule has 0 saturated carbocycles. The zero-order valence-corrected chi connectivity index (χ0v) is 8.95. The van der Waals surface area contributed by atoms with Crippen molar-refractivity contribution in [3.05, 3.63) is 40.1 Å². The van der Waals surface area contributed by atoms with Gasteiger partial charge in [-0.25, -0.2) is 4.98 Å². The number of nitrogens with zero attached hydrogens (tertiary/aromatic N) is 2. The topological polar surface area (TPSA) is 38.0 Å². The minimum Gasteiger partial charge on any atom is -0.382 e. The molecule has 74 valence electrons. The largest absolute Gasteiger partial charge is 0.382 e. The van der Waals surface area contributed by atoms with Gasteiger partial charge in [0, 0.05) is 18.1 Å². The molecule has 0 amide bonds. The van der Waals surface area contributed by atoms with E-state index in [1.807, 2.05) is 36.2 Å². The van der Waals surface area contributed by atoms with Gasteiger partial charge in [0.15, 0.2) is 0 Å². The first-order valence-electron chi connectivity index (χ1n) is 4.38. The number of aliphatic hydroxyl groups is 1. The number of thiophene rings is 1. The highest BCUT2D eigenvalue weighted by Crippen LogP contribution is 2.24. The van der Waals surface area contributed by atoms with Gasteiger partial charge in [-0.15, -0.1) is 11.3 Å². The van der Waals surface area contributed by atoms with E-state index in [1.165, 1.54) is 4.88 Å². The Kier molecular flexibility index (Phi) is 2.39. The summed E-state index contributed by atoms with van der Waals surface area (Å²) in [5.41, 5.74) is 1.62. The Labute approximate surface area is 86.7 Å². The molecule has 0 radical (unpaired) electrons. The average molecular weight is 208 g/mol. The molecule has 0 aromatic carbocycles. The summed E-state index contributed by atoms with van der Waals surface area (Å²) in [5.74, 6) is 0. The van der Waals surface area contributed by atoms with Crippen molar-refractivity contribution in [2.24, 2.45) is 7.05 Å². The van der Waals surface area contributed by atoms with Crippen molar-refractivity contribution < 1.29 is 5.11 Å². The van der Waals surface area contributed by atoms with Crippen LogP contribution in [0, 0.1) is 6.92 Å². The first-order valence-corrected chi connectivity index (χ1v) is 5.26. The lowest BCUT2D eigenvalue weighted by atomic mass is 10.1. The maximum absolute atomic E-state index is 9.95. The van der Waals surface area contributed by atoms with E-state index in [0.29, 0.717) is 5.69 Å². The number of imidazole rings is 1. The highest BCUT2D eigenvalue weighted by molar-refractivity contribution is 7.10. The highest BCUT2D eigenvalue weighted by Gasteiger charge is 2.13. The molecule has 0 fully saturated rings. The number of hydrogen-bond donors (Lipinski definition) is 1. The van der Waals surface area contributed by atoms with E-state index in [4.69, 9.17) is 0 Å². The van der Waals surface area contributed by atoms with E-state index in [1.54, 1.807) is 17.7 Å². The normalized spacial score (nSPS) is 13.1. The van der Waals surface area contributed by atoms with Crippen molar-refractivity contribution in [2.75, 3.05) is 0 Å². The van der Waals surface area contributed by atoms with Gasteiger partial charge in [-0.05, 0) is 23.9 Å². The fourth-order valence-corrected chi connectivity index (χ4v) is 2.08.